The van der Waals surface area contributed by atoms with Gasteiger partial charge in [-0.2, -0.15) is 5.10 Å². The van der Waals surface area contributed by atoms with Gasteiger partial charge < -0.3 is 14.6 Å². The molecule has 1 aliphatic rings. The van der Waals surface area contributed by atoms with Crippen LogP contribution in [0.1, 0.15) is 5.56 Å². The minimum atomic E-state index is -0.899. The highest BCUT2D eigenvalue weighted by atomic mass is 16.6. The maximum absolute atomic E-state index is 12.0. The smallest absolute Gasteiger partial charge is 0.284 e. The SMILES string of the molecule is O=C(NN=Cc1cccc([N+](=O)[O-])c1[O-])C1COc2ccccc2O1. The van der Waals surface area contributed by atoms with Gasteiger partial charge in [0.05, 0.1) is 11.1 Å². The Hall–Kier alpha value is -3.62. The Morgan fingerprint density at radius 3 is 2.76 bits per heavy atom. The molecule has 25 heavy (non-hydrogen) atoms. The van der Waals surface area contributed by atoms with E-state index in [2.05, 4.69) is 10.5 Å². The van der Waals surface area contributed by atoms with Gasteiger partial charge in [0.1, 0.15) is 6.61 Å². The van der Waals surface area contributed by atoms with Crippen LogP contribution in [0.2, 0.25) is 0 Å². The summed E-state index contributed by atoms with van der Waals surface area (Å²) in [5.74, 6) is -0.360. The minimum Gasteiger partial charge on any atom is -0.867 e. The molecule has 9 nitrogen and oxygen atoms in total. The number of fused-ring (bicyclic) bond motifs is 1. The van der Waals surface area contributed by atoms with Crippen LogP contribution in [0.3, 0.4) is 0 Å². The maximum Gasteiger partial charge on any atom is 0.284 e. The second kappa shape index (κ2) is 6.87. The largest absolute Gasteiger partial charge is 0.867 e. The Morgan fingerprint density at radius 2 is 2.00 bits per heavy atom. The van der Waals surface area contributed by atoms with E-state index in [4.69, 9.17) is 9.47 Å². The van der Waals surface area contributed by atoms with Crippen molar-refractivity contribution in [2.45, 2.75) is 6.10 Å². The summed E-state index contributed by atoms with van der Waals surface area (Å²) >= 11 is 0. The molecule has 1 unspecified atom stereocenters. The number of nitrogens with one attached hydrogen (secondary N) is 1. The van der Waals surface area contributed by atoms with Crippen molar-refractivity contribution >= 4 is 17.8 Å². The van der Waals surface area contributed by atoms with Crippen molar-refractivity contribution < 1.29 is 24.3 Å². The molecule has 0 radical (unpaired) electrons. The van der Waals surface area contributed by atoms with Crippen LogP contribution in [0.25, 0.3) is 0 Å². The fourth-order valence-corrected chi connectivity index (χ4v) is 2.17. The quantitative estimate of drug-likeness (QED) is 0.501. The van der Waals surface area contributed by atoms with Crippen molar-refractivity contribution in [2.24, 2.45) is 5.10 Å². The molecular formula is C16H12N3O6-. The Balaban J connectivity index is 1.64. The maximum atomic E-state index is 12.0. The Morgan fingerprint density at radius 1 is 1.24 bits per heavy atom. The molecule has 0 bridgehead atoms. The first-order valence-corrected chi connectivity index (χ1v) is 7.22. The number of hydrogen-bond donors (Lipinski definition) is 1. The van der Waals surface area contributed by atoms with Crippen molar-refractivity contribution in [3.05, 3.63) is 58.1 Å². The summed E-state index contributed by atoms with van der Waals surface area (Å²) in [5, 5.41) is 26.2. The third kappa shape index (κ3) is 3.50. The lowest BCUT2D eigenvalue weighted by Gasteiger charge is -2.24. The number of nitro benzene ring substituents is 1. The Labute approximate surface area is 141 Å². The summed E-state index contributed by atoms with van der Waals surface area (Å²) in [5.41, 5.74) is 1.65. The molecule has 1 amide bonds. The lowest BCUT2D eigenvalue weighted by atomic mass is 10.2. The number of para-hydroxylation sites is 3. The van der Waals surface area contributed by atoms with Crippen LogP contribution in [-0.4, -0.2) is 29.8 Å². The van der Waals surface area contributed by atoms with Crippen LogP contribution in [0.4, 0.5) is 5.69 Å². The van der Waals surface area contributed by atoms with Crippen molar-refractivity contribution in [3.63, 3.8) is 0 Å². The van der Waals surface area contributed by atoms with Crippen LogP contribution >= 0.6 is 0 Å². The molecule has 1 aliphatic heterocycles. The van der Waals surface area contributed by atoms with Gasteiger partial charge in [-0.3, -0.25) is 14.9 Å². The molecule has 0 saturated carbocycles. The molecule has 1 atom stereocenters. The van der Waals surface area contributed by atoms with E-state index in [1.165, 1.54) is 12.1 Å². The molecule has 1 heterocycles. The molecule has 0 spiro atoms. The van der Waals surface area contributed by atoms with E-state index in [1.807, 2.05) is 0 Å². The molecule has 0 aliphatic carbocycles. The lowest BCUT2D eigenvalue weighted by Crippen LogP contribution is -2.42. The summed E-state index contributed by atoms with van der Waals surface area (Å²) in [7, 11) is 0. The second-order valence-electron chi connectivity index (χ2n) is 5.05. The van der Waals surface area contributed by atoms with Crippen molar-refractivity contribution in [3.8, 4) is 17.2 Å². The number of hydrazone groups is 1. The van der Waals surface area contributed by atoms with Crippen molar-refractivity contribution in [1.82, 2.24) is 5.43 Å². The molecule has 3 rings (SSSR count). The number of benzene rings is 2. The zero-order chi connectivity index (χ0) is 17.8. The van der Waals surface area contributed by atoms with Gasteiger partial charge in [-0.05, 0) is 23.4 Å². The predicted octanol–water partition coefficient (Wildman–Crippen LogP) is 0.958. The number of carbonyl (C=O) groups is 1. The molecular weight excluding hydrogens is 330 g/mol. The van der Waals surface area contributed by atoms with Crippen LogP contribution in [0.5, 0.6) is 17.2 Å². The molecule has 0 aromatic heterocycles. The van der Waals surface area contributed by atoms with E-state index >= 15 is 0 Å². The summed E-state index contributed by atoms with van der Waals surface area (Å²) in [6, 6.07) is 10.7. The fraction of sp³-hybridized carbons (Fsp3) is 0.125. The normalized spacial score (nSPS) is 15.8. The zero-order valence-corrected chi connectivity index (χ0v) is 12.7. The van der Waals surface area contributed by atoms with Gasteiger partial charge in [-0.25, -0.2) is 5.43 Å². The van der Waals surface area contributed by atoms with Gasteiger partial charge in [0.2, 0.25) is 6.10 Å². The zero-order valence-electron chi connectivity index (χ0n) is 12.7. The molecule has 0 saturated heterocycles. The number of rotatable bonds is 4. The number of carbonyl (C=O) groups excluding carboxylic acids is 1. The third-order valence-corrected chi connectivity index (χ3v) is 3.40. The van der Waals surface area contributed by atoms with E-state index in [0.29, 0.717) is 11.5 Å². The molecule has 0 fully saturated rings. The third-order valence-electron chi connectivity index (χ3n) is 3.40. The van der Waals surface area contributed by atoms with Gasteiger partial charge in [0.15, 0.2) is 11.5 Å². The highest BCUT2D eigenvalue weighted by Crippen LogP contribution is 2.30. The topological polar surface area (TPSA) is 126 Å². The summed E-state index contributed by atoms with van der Waals surface area (Å²) in [6.07, 6.45) is 0.147. The first kappa shape index (κ1) is 16.2. The van der Waals surface area contributed by atoms with E-state index < -0.39 is 28.4 Å². The monoisotopic (exact) mass is 342 g/mol. The summed E-state index contributed by atoms with van der Waals surface area (Å²) in [4.78, 5) is 22.0. The Bertz CT molecular complexity index is 852. The Kier molecular flexibility index (Phi) is 4.46. The van der Waals surface area contributed by atoms with E-state index in [0.717, 1.165) is 12.3 Å². The first-order valence-electron chi connectivity index (χ1n) is 7.22. The fourth-order valence-electron chi connectivity index (χ4n) is 2.17. The standard InChI is InChI=1S/C16H13N3O6/c20-15-10(4-3-5-11(15)19(22)23)8-17-18-16(21)14-9-24-12-6-1-2-7-13(12)25-14/h1-8,14,20H,9H2,(H,18,21)/p-1. The highest BCUT2D eigenvalue weighted by molar-refractivity contribution is 5.87. The van der Waals surface area contributed by atoms with Gasteiger partial charge in [0.25, 0.3) is 11.6 Å². The molecule has 9 heteroatoms. The second-order valence-corrected chi connectivity index (χ2v) is 5.05. The molecule has 2 aromatic carbocycles. The van der Waals surface area contributed by atoms with Gasteiger partial charge in [-0.1, -0.05) is 24.3 Å². The van der Waals surface area contributed by atoms with E-state index in [9.17, 15) is 20.0 Å². The van der Waals surface area contributed by atoms with Crippen molar-refractivity contribution in [2.75, 3.05) is 6.61 Å². The average Bonchev–Trinajstić information content (AvgIpc) is 2.62. The van der Waals surface area contributed by atoms with Crippen LogP contribution in [0, 0.1) is 10.1 Å². The average molecular weight is 342 g/mol. The lowest BCUT2D eigenvalue weighted by molar-refractivity contribution is -0.398. The molecule has 2 aromatic rings. The van der Waals surface area contributed by atoms with E-state index in [-0.39, 0.29) is 12.2 Å². The summed E-state index contributed by atoms with van der Waals surface area (Å²) in [6.45, 7) is 0.0159. The van der Waals surface area contributed by atoms with Crippen LogP contribution in [-0.2, 0) is 4.79 Å². The first-order chi connectivity index (χ1) is 12.1. The van der Waals surface area contributed by atoms with Crippen molar-refractivity contribution in [1.29, 1.82) is 0 Å². The number of nitrogens with zero attached hydrogens (tertiary/aromatic N) is 2. The highest BCUT2D eigenvalue weighted by Gasteiger charge is 2.26. The predicted molar refractivity (Wildman–Crippen MR) is 84.6 cm³/mol. The number of hydrogen-bond acceptors (Lipinski definition) is 7. The number of amides is 1. The van der Waals surface area contributed by atoms with Gasteiger partial charge in [0, 0.05) is 6.07 Å². The van der Waals surface area contributed by atoms with Gasteiger partial charge >= 0.3 is 0 Å². The molecule has 1 N–H and O–H groups in total. The van der Waals surface area contributed by atoms with Crippen LogP contribution < -0.4 is 20.0 Å². The number of nitro groups is 1. The molecule has 128 valence electrons. The van der Waals surface area contributed by atoms with Crippen LogP contribution in [0.15, 0.2) is 47.6 Å². The van der Waals surface area contributed by atoms with Gasteiger partial charge in [-0.15, -0.1) is 0 Å². The number of ether oxygens (including phenoxy) is 2. The summed E-state index contributed by atoms with van der Waals surface area (Å²) < 4.78 is 10.9. The minimum absolute atomic E-state index is 0.0133. The van der Waals surface area contributed by atoms with E-state index in [1.54, 1.807) is 24.3 Å².